The zero-order chi connectivity index (χ0) is 44.4. The second-order valence-corrected chi connectivity index (χ2v) is 15.2. The van der Waals surface area contributed by atoms with E-state index in [9.17, 15) is 28.8 Å². The van der Waals surface area contributed by atoms with Gasteiger partial charge in [0.1, 0.15) is 25.3 Å². The van der Waals surface area contributed by atoms with E-state index in [0.717, 1.165) is 5.56 Å². The lowest BCUT2D eigenvalue weighted by Crippen LogP contribution is -2.55. The van der Waals surface area contributed by atoms with Crippen LogP contribution in [0.3, 0.4) is 0 Å². The molecular formula is C43H60Cl4N8O8. The van der Waals surface area contributed by atoms with Crippen molar-refractivity contribution in [2.75, 3.05) is 19.6 Å². The van der Waals surface area contributed by atoms with E-state index in [1.54, 1.807) is 72.8 Å². The quantitative estimate of drug-likeness (QED) is 0.0476. The standard InChI is InChI=1S/C43H58Cl2N8O8.2ClH/c44-32-18-6-4-16-30(32)27-60-42(58)50-24-11-8-20-34(46)39(55)49-23-13-10-22-36(41(57)53-37(38(48)54)26-29-14-2-1-3-15-29)52-40(56)35(47)21-9-12-25-51-43(59)61-28-31-17-5-7-19-33(31)45;;/h1-7,14-19,34-37H,8-13,20-28,46-47H2,(H2,48,54)(H,49,55)(H,50,58)(H,51,59)(H,52,56)(H,53,57);2*1H/t34-,35-,36-,37-;;/m0../s1. The Kier molecular flexibility index (Phi) is 28.5. The minimum Gasteiger partial charge on any atom is -0.445 e. The van der Waals surface area contributed by atoms with Crippen LogP contribution in [0.2, 0.25) is 10.0 Å². The topological polar surface area (TPSA) is 259 Å². The molecule has 0 aliphatic heterocycles. The van der Waals surface area contributed by atoms with Crippen molar-refractivity contribution in [1.29, 1.82) is 0 Å². The molecular weight excluding hydrogens is 898 g/mol. The molecule has 3 aromatic rings. The Morgan fingerprint density at radius 2 is 0.952 bits per heavy atom. The predicted molar refractivity (Wildman–Crippen MR) is 247 cm³/mol. The second kappa shape index (κ2) is 31.9. The highest BCUT2D eigenvalue weighted by Gasteiger charge is 2.27. The molecule has 0 aromatic heterocycles. The smallest absolute Gasteiger partial charge is 0.407 e. The van der Waals surface area contributed by atoms with Crippen molar-refractivity contribution >= 4 is 83.8 Å². The van der Waals surface area contributed by atoms with Crippen LogP contribution in [0.15, 0.2) is 78.9 Å². The van der Waals surface area contributed by atoms with Crippen molar-refractivity contribution in [2.24, 2.45) is 17.2 Å². The van der Waals surface area contributed by atoms with Crippen LogP contribution in [-0.4, -0.2) is 79.6 Å². The average Bonchev–Trinajstić information content (AvgIpc) is 3.24. The third-order valence-electron chi connectivity index (χ3n) is 9.52. The first-order chi connectivity index (χ1) is 29.3. The summed E-state index contributed by atoms with van der Waals surface area (Å²) in [5.74, 6) is -2.23. The summed E-state index contributed by atoms with van der Waals surface area (Å²) >= 11 is 12.2. The van der Waals surface area contributed by atoms with Gasteiger partial charge >= 0.3 is 12.2 Å². The lowest BCUT2D eigenvalue weighted by molar-refractivity contribution is -0.132. The van der Waals surface area contributed by atoms with Crippen LogP contribution in [0.4, 0.5) is 9.59 Å². The molecule has 16 nitrogen and oxygen atoms in total. The van der Waals surface area contributed by atoms with Gasteiger partial charge in [0.2, 0.25) is 23.6 Å². The van der Waals surface area contributed by atoms with Crippen molar-refractivity contribution in [3.05, 3.63) is 106 Å². The maximum Gasteiger partial charge on any atom is 0.407 e. The molecule has 4 atom stereocenters. The number of ether oxygens (including phenoxy) is 2. The van der Waals surface area contributed by atoms with E-state index in [0.29, 0.717) is 79.2 Å². The molecule has 0 aliphatic carbocycles. The molecule has 0 fully saturated rings. The molecule has 0 unspecified atom stereocenters. The van der Waals surface area contributed by atoms with Crippen molar-refractivity contribution in [3.63, 3.8) is 0 Å². The van der Waals surface area contributed by atoms with E-state index in [1.807, 2.05) is 6.07 Å². The largest absolute Gasteiger partial charge is 0.445 e. The summed E-state index contributed by atoms with van der Waals surface area (Å²) in [4.78, 5) is 75.7. The summed E-state index contributed by atoms with van der Waals surface area (Å²) in [7, 11) is 0. The fourth-order valence-corrected chi connectivity index (χ4v) is 6.33. The number of carbonyl (C=O) groups is 6. The van der Waals surface area contributed by atoms with Gasteiger partial charge in [-0.05, 0) is 75.5 Å². The van der Waals surface area contributed by atoms with Gasteiger partial charge in [-0.3, -0.25) is 19.2 Å². The van der Waals surface area contributed by atoms with Gasteiger partial charge in [0, 0.05) is 47.2 Å². The van der Waals surface area contributed by atoms with Crippen molar-refractivity contribution < 1.29 is 38.2 Å². The molecule has 0 heterocycles. The maximum atomic E-state index is 13.5. The van der Waals surface area contributed by atoms with Gasteiger partial charge in [0.05, 0.1) is 12.1 Å². The van der Waals surface area contributed by atoms with E-state index in [2.05, 4.69) is 26.6 Å². The highest BCUT2D eigenvalue weighted by molar-refractivity contribution is 6.31. The zero-order valence-electron chi connectivity index (χ0n) is 35.0. The number of alkyl carbamates (subject to hydrolysis) is 2. The third-order valence-corrected chi connectivity index (χ3v) is 10.3. The predicted octanol–water partition coefficient (Wildman–Crippen LogP) is 4.97. The van der Waals surface area contributed by atoms with Crippen molar-refractivity contribution in [2.45, 2.75) is 102 Å². The summed E-state index contributed by atoms with van der Waals surface area (Å²) < 4.78 is 10.4. The van der Waals surface area contributed by atoms with Crippen molar-refractivity contribution in [3.8, 4) is 0 Å². The summed E-state index contributed by atoms with van der Waals surface area (Å²) in [6, 6.07) is 19.4. The first kappa shape index (κ1) is 56.2. The van der Waals surface area contributed by atoms with Gasteiger partial charge in [0.15, 0.2) is 0 Å². The van der Waals surface area contributed by atoms with Crippen LogP contribution in [0.25, 0.3) is 0 Å². The molecule has 0 aliphatic rings. The minimum atomic E-state index is -1.05. The highest BCUT2D eigenvalue weighted by Crippen LogP contribution is 2.17. The first-order valence-corrected chi connectivity index (χ1v) is 21.1. The number of primary amides is 1. The molecule has 11 N–H and O–H groups in total. The Balaban J connectivity index is 0.00000992. The normalized spacial score (nSPS) is 12.4. The van der Waals surface area contributed by atoms with E-state index < -0.39 is 54.1 Å². The van der Waals surface area contributed by atoms with Crippen LogP contribution in [-0.2, 0) is 48.3 Å². The Morgan fingerprint density at radius 1 is 0.524 bits per heavy atom. The molecule has 0 saturated carbocycles. The van der Waals surface area contributed by atoms with Gasteiger partial charge in [-0.2, -0.15) is 0 Å². The van der Waals surface area contributed by atoms with E-state index >= 15 is 0 Å². The number of halogens is 4. The van der Waals surface area contributed by atoms with E-state index in [4.69, 9.17) is 49.9 Å². The first-order valence-electron chi connectivity index (χ1n) is 20.3. The summed E-state index contributed by atoms with van der Waals surface area (Å²) in [6.07, 6.45) is 2.89. The number of amides is 6. The zero-order valence-corrected chi connectivity index (χ0v) is 38.1. The summed E-state index contributed by atoms with van der Waals surface area (Å²) in [5, 5.41) is 14.5. The summed E-state index contributed by atoms with van der Waals surface area (Å²) in [6.45, 7) is 0.982. The van der Waals surface area contributed by atoms with Gasteiger partial charge in [-0.1, -0.05) is 89.9 Å². The van der Waals surface area contributed by atoms with Gasteiger partial charge in [0.25, 0.3) is 0 Å². The summed E-state index contributed by atoms with van der Waals surface area (Å²) in [5.41, 5.74) is 20.1. The number of nitrogens with two attached hydrogens (primary N) is 3. The minimum absolute atomic E-state index is 0. The Labute approximate surface area is 391 Å². The molecule has 348 valence electrons. The third kappa shape index (κ3) is 22.9. The molecule has 0 spiro atoms. The number of benzene rings is 3. The molecule has 20 heteroatoms. The molecule has 63 heavy (non-hydrogen) atoms. The number of hydrogen-bond acceptors (Lipinski definition) is 10. The van der Waals surface area contributed by atoms with Crippen molar-refractivity contribution in [1.82, 2.24) is 26.6 Å². The highest BCUT2D eigenvalue weighted by atomic mass is 35.5. The number of unbranched alkanes of at least 4 members (excludes halogenated alkanes) is 3. The van der Waals surface area contributed by atoms with Crippen LogP contribution < -0.4 is 43.8 Å². The number of nitrogens with one attached hydrogen (secondary N) is 5. The van der Waals surface area contributed by atoms with Crippen LogP contribution in [0.5, 0.6) is 0 Å². The molecule has 3 rings (SSSR count). The van der Waals surface area contributed by atoms with Crippen LogP contribution in [0.1, 0.15) is 74.5 Å². The molecule has 6 amide bonds. The van der Waals surface area contributed by atoms with Gasteiger partial charge < -0.3 is 53.3 Å². The lowest BCUT2D eigenvalue weighted by Gasteiger charge is -2.23. The fraction of sp³-hybridized carbons (Fsp3) is 0.442. The molecule has 0 bridgehead atoms. The maximum absolute atomic E-state index is 13.5. The van der Waals surface area contributed by atoms with Crippen LogP contribution >= 0.6 is 48.0 Å². The van der Waals surface area contributed by atoms with E-state index in [-0.39, 0.29) is 69.7 Å². The number of carbonyl (C=O) groups excluding carboxylic acids is 6. The monoisotopic (exact) mass is 956 g/mol. The fourth-order valence-electron chi connectivity index (χ4n) is 5.95. The second-order valence-electron chi connectivity index (χ2n) is 14.4. The Bertz CT molecular complexity index is 1870. The molecule has 0 radical (unpaired) electrons. The van der Waals surface area contributed by atoms with Crippen LogP contribution in [0, 0.1) is 0 Å². The lowest BCUT2D eigenvalue weighted by atomic mass is 10.0. The number of rotatable bonds is 27. The average molecular weight is 959 g/mol. The SMILES string of the molecule is Cl.Cl.NC(=O)[C@H](Cc1ccccc1)NC(=O)[C@H](CCCCNC(=O)[C@@H](N)CCCCNC(=O)OCc1ccccc1Cl)NC(=O)[C@@H](N)CCCCNC(=O)OCc1ccccc1Cl. The van der Waals surface area contributed by atoms with Gasteiger partial charge in [-0.25, -0.2) is 9.59 Å². The Morgan fingerprint density at radius 3 is 1.44 bits per heavy atom. The number of hydrogen-bond donors (Lipinski definition) is 8. The Hall–Kier alpha value is -4.84. The molecule has 3 aromatic carbocycles. The molecule has 0 saturated heterocycles. The van der Waals surface area contributed by atoms with E-state index in [1.165, 1.54) is 0 Å². The van der Waals surface area contributed by atoms with Gasteiger partial charge in [-0.15, -0.1) is 24.8 Å².